The molecule has 0 heteroatoms. The van der Waals surface area contributed by atoms with Gasteiger partial charge in [-0.15, -0.1) is 6.58 Å². The van der Waals surface area contributed by atoms with Gasteiger partial charge in [0.2, 0.25) is 0 Å². The summed E-state index contributed by atoms with van der Waals surface area (Å²) in [6.45, 7) is 17.9. The lowest BCUT2D eigenvalue weighted by Crippen LogP contribution is -2.44. The molecule has 44 heavy (non-hydrogen) atoms. The topological polar surface area (TPSA) is 0 Å². The minimum Gasteiger partial charge on any atom is -0.103 e. The number of hydrogen-bond donors (Lipinski definition) is 0. The molecule has 0 heterocycles. The summed E-state index contributed by atoms with van der Waals surface area (Å²) >= 11 is 0. The Hall–Kier alpha value is -2.86. The number of benzene rings is 2. The molecular weight excluding hydrogens is 528 g/mol. The van der Waals surface area contributed by atoms with Crippen molar-refractivity contribution in [1.82, 2.24) is 0 Å². The molecule has 4 aliphatic rings. The summed E-state index contributed by atoms with van der Waals surface area (Å²) in [5.74, 6) is 9.47. The van der Waals surface area contributed by atoms with E-state index in [1.165, 1.54) is 63.7 Å². The second-order valence-corrected chi connectivity index (χ2v) is 14.6. The summed E-state index contributed by atoms with van der Waals surface area (Å²) < 4.78 is 0. The fraction of sp³-hybridized carbons (Fsp3) is 0.273. The van der Waals surface area contributed by atoms with Gasteiger partial charge in [0.15, 0.2) is 0 Å². The Bertz CT molecular complexity index is 1320. The molecule has 10 radical (unpaired) electrons. The first-order valence-electron chi connectivity index (χ1n) is 16.2. The smallest absolute Gasteiger partial charge is 0.0351 e. The highest BCUT2D eigenvalue weighted by atomic mass is 14.6. The van der Waals surface area contributed by atoms with Crippen LogP contribution in [0.4, 0.5) is 0 Å². The van der Waals surface area contributed by atoms with E-state index in [9.17, 15) is 0 Å². The Morgan fingerprint density at radius 2 is 1.11 bits per heavy atom. The lowest BCUT2D eigenvalue weighted by Gasteiger charge is -2.49. The van der Waals surface area contributed by atoms with Gasteiger partial charge in [0.1, 0.15) is 0 Å². The van der Waals surface area contributed by atoms with Crippen LogP contribution in [0.15, 0.2) is 121 Å². The normalized spacial score (nSPS) is 21.4. The molecule has 0 saturated heterocycles. The van der Waals surface area contributed by atoms with Crippen molar-refractivity contribution < 1.29 is 0 Å². The van der Waals surface area contributed by atoms with E-state index in [1.807, 2.05) is 6.08 Å². The molecule has 2 aromatic rings. The van der Waals surface area contributed by atoms with E-state index in [2.05, 4.69) is 165 Å². The molecule has 0 aliphatic heterocycles. The molecule has 0 amide bonds. The Balaban J connectivity index is 1.60. The van der Waals surface area contributed by atoms with Crippen LogP contribution in [0, 0.1) is 71.5 Å². The summed E-state index contributed by atoms with van der Waals surface area (Å²) in [5, 5.41) is 0. The van der Waals surface area contributed by atoms with Crippen LogP contribution >= 0.6 is 0 Å². The third kappa shape index (κ3) is 5.57. The summed E-state index contributed by atoms with van der Waals surface area (Å²) in [5.41, 5.74) is 4.88. The van der Waals surface area contributed by atoms with Crippen LogP contribution in [0.5, 0.6) is 0 Å². The molecule has 2 saturated carbocycles. The fourth-order valence-corrected chi connectivity index (χ4v) is 7.10. The molecule has 0 spiro atoms. The Labute approximate surface area is 269 Å². The lowest BCUT2D eigenvalue weighted by molar-refractivity contribution is 0.510. The van der Waals surface area contributed by atoms with Crippen molar-refractivity contribution in [1.29, 1.82) is 0 Å². The van der Waals surface area contributed by atoms with Gasteiger partial charge in [0.25, 0.3) is 0 Å². The fourth-order valence-electron chi connectivity index (χ4n) is 7.10. The third-order valence-electron chi connectivity index (χ3n) is 9.51. The highest BCUT2D eigenvalue weighted by Crippen LogP contribution is 2.69. The van der Waals surface area contributed by atoms with Gasteiger partial charge in [0, 0.05) is 35.0 Å². The third-order valence-corrected chi connectivity index (χ3v) is 9.51. The molecular formula is C44H46. The lowest BCUT2D eigenvalue weighted by atomic mass is 9.52. The van der Waals surface area contributed by atoms with Gasteiger partial charge in [-0.2, -0.15) is 0 Å². The molecule has 6 rings (SSSR count). The Morgan fingerprint density at radius 1 is 0.614 bits per heavy atom. The second-order valence-electron chi connectivity index (χ2n) is 14.6. The van der Waals surface area contributed by atoms with E-state index < -0.39 is 5.41 Å². The number of hydrogen-bond acceptors (Lipinski definition) is 0. The second kappa shape index (κ2) is 12.2. The van der Waals surface area contributed by atoms with Gasteiger partial charge in [-0.05, 0) is 83.5 Å². The highest BCUT2D eigenvalue weighted by molar-refractivity contribution is 5.84. The summed E-state index contributed by atoms with van der Waals surface area (Å²) in [6, 6.07) is 22.4. The maximum absolute atomic E-state index is 3.96. The van der Waals surface area contributed by atoms with Crippen molar-refractivity contribution in [3.63, 3.8) is 0 Å². The Kier molecular flexibility index (Phi) is 8.60. The predicted molar refractivity (Wildman–Crippen MR) is 187 cm³/mol. The van der Waals surface area contributed by atoms with Gasteiger partial charge in [0.05, 0.1) is 0 Å². The first-order chi connectivity index (χ1) is 21.0. The molecule has 4 aliphatic carbocycles. The number of fused-ring (bicyclic) bond motifs is 3. The van der Waals surface area contributed by atoms with Crippen molar-refractivity contribution in [2.75, 3.05) is 0 Å². The minimum atomic E-state index is -0.508. The van der Waals surface area contributed by atoms with Gasteiger partial charge in [-0.3, -0.25) is 0 Å². The molecule has 0 atom stereocenters. The molecule has 0 nitrogen and oxygen atoms in total. The van der Waals surface area contributed by atoms with Crippen molar-refractivity contribution >= 4 is 0 Å². The van der Waals surface area contributed by atoms with E-state index in [4.69, 9.17) is 0 Å². The van der Waals surface area contributed by atoms with Crippen LogP contribution in [0.1, 0.15) is 71.9 Å². The van der Waals surface area contributed by atoms with Crippen LogP contribution in [0.25, 0.3) is 0 Å². The van der Waals surface area contributed by atoms with Crippen LogP contribution in [-0.2, 0) is 5.41 Å². The van der Waals surface area contributed by atoms with Crippen LogP contribution in [0.2, 0.25) is 0 Å². The summed E-state index contributed by atoms with van der Waals surface area (Å²) in [7, 11) is 0. The summed E-state index contributed by atoms with van der Waals surface area (Å²) in [4.78, 5) is 0. The standard InChI is InChI=1S/C44H46/c1-8-9-12-17-31-22-23-36(28-31)44(32-18-13-10-14-19-32,33-20-15-11-16-21-33)41-39-29-34(42(2,3)4)24-26-37(39)38-27-25-35(30-40(38)41)43(5,6)7/h8,10-11,13-16,18-30H,1,9,12,17H2,2-7H3. The maximum Gasteiger partial charge on any atom is 0.0351 e. The number of allylic oxidation sites excluding steroid dienone is 9. The zero-order valence-corrected chi connectivity index (χ0v) is 27.4. The molecule has 2 fully saturated rings. The number of unbranched alkanes of at least 4 members (excludes halogenated alkanes) is 1. The molecule has 0 aromatic heterocycles. The van der Waals surface area contributed by atoms with Gasteiger partial charge < -0.3 is 0 Å². The van der Waals surface area contributed by atoms with E-state index in [0.29, 0.717) is 0 Å². The van der Waals surface area contributed by atoms with Crippen LogP contribution in [0.3, 0.4) is 0 Å². The van der Waals surface area contributed by atoms with Crippen LogP contribution in [-0.4, -0.2) is 0 Å². The number of rotatable bonds is 8. The Morgan fingerprint density at radius 3 is 1.57 bits per heavy atom. The summed E-state index contributed by atoms with van der Waals surface area (Å²) in [6.07, 6.45) is 26.9. The molecule has 0 unspecified atom stereocenters. The van der Waals surface area contributed by atoms with Crippen LogP contribution < -0.4 is 0 Å². The van der Waals surface area contributed by atoms with Gasteiger partial charge >= 0.3 is 0 Å². The van der Waals surface area contributed by atoms with Crippen molar-refractivity contribution in [2.24, 2.45) is 10.8 Å². The largest absolute Gasteiger partial charge is 0.103 e. The zero-order valence-electron chi connectivity index (χ0n) is 27.4. The quantitative estimate of drug-likeness (QED) is 0.217. The first-order valence-corrected chi connectivity index (χ1v) is 16.2. The van der Waals surface area contributed by atoms with Gasteiger partial charge in [-0.1, -0.05) is 145 Å². The maximum atomic E-state index is 3.96. The average Bonchev–Trinajstić information content (AvgIpc) is 3.61. The molecule has 222 valence electrons. The van der Waals surface area contributed by atoms with Gasteiger partial charge in [-0.25, -0.2) is 0 Å². The van der Waals surface area contributed by atoms with Crippen molar-refractivity contribution in [3.05, 3.63) is 193 Å². The van der Waals surface area contributed by atoms with E-state index in [1.54, 1.807) is 0 Å². The minimum absolute atomic E-state index is 0.0340. The monoisotopic (exact) mass is 574 g/mol. The van der Waals surface area contributed by atoms with E-state index in [0.717, 1.165) is 19.3 Å². The van der Waals surface area contributed by atoms with Crippen molar-refractivity contribution in [3.8, 4) is 0 Å². The van der Waals surface area contributed by atoms with Crippen molar-refractivity contribution in [2.45, 2.75) is 66.2 Å². The molecule has 0 bridgehead atoms. The molecule has 2 aromatic carbocycles. The first kappa shape index (κ1) is 31.1. The highest BCUT2D eigenvalue weighted by Gasteiger charge is 2.63. The predicted octanol–water partition coefficient (Wildman–Crippen LogP) is 11.1. The average molecular weight is 575 g/mol. The molecule has 0 N–H and O–H groups in total. The SMILES string of the molecule is C=CCCC[C]1[CH][CH][C](C([C]2[C]3C=C(C(C)(C)C)C=C[C]3[C]3C=CC(C(C)(C)C)=C[C]32)(c2ccccc2)c2ccccc2)[CH]1. The van der Waals surface area contributed by atoms with E-state index >= 15 is 0 Å². The van der Waals surface area contributed by atoms with E-state index in [-0.39, 0.29) is 10.8 Å². The zero-order chi connectivity index (χ0) is 31.1.